The van der Waals surface area contributed by atoms with Crippen LogP contribution in [0.3, 0.4) is 0 Å². The number of aliphatic hydroxyl groups is 4. The van der Waals surface area contributed by atoms with Gasteiger partial charge in [0.2, 0.25) is 0 Å². The SMILES string of the molecule is CC(=O)O[C@@H]1C[C@H](O)[C@@]2(CO)[C@@H](C[C@@H](O)[C@@]3(C)[C@H]4C(=O)C[C@@H](c5ccoc5)[C@]4(C)C[C@H](O)[C@@H]32)C1(C)C. The number of aliphatic hydroxyl groups excluding tert-OH is 4. The van der Waals surface area contributed by atoms with Crippen LogP contribution in [0.1, 0.15) is 71.8 Å². The number of furan rings is 1. The molecule has 0 radical (unpaired) electrons. The third-order valence-corrected chi connectivity index (χ3v) is 11.2. The molecule has 5 rings (SSSR count). The zero-order chi connectivity index (χ0) is 26.4. The van der Waals surface area contributed by atoms with Crippen molar-refractivity contribution in [2.24, 2.45) is 39.4 Å². The molecule has 1 aromatic heterocycles. The van der Waals surface area contributed by atoms with E-state index in [2.05, 4.69) is 0 Å². The van der Waals surface area contributed by atoms with E-state index >= 15 is 0 Å². The molecule has 0 bridgehead atoms. The lowest BCUT2D eigenvalue weighted by Crippen LogP contribution is -2.75. The quantitative estimate of drug-likeness (QED) is 0.461. The summed E-state index contributed by atoms with van der Waals surface area (Å²) >= 11 is 0. The number of carbonyl (C=O) groups is 2. The maximum atomic E-state index is 13.8. The average molecular weight is 505 g/mol. The Bertz CT molecular complexity index is 1030. The number of esters is 1. The molecule has 200 valence electrons. The molecule has 0 aliphatic heterocycles. The van der Waals surface area contributed by atoms with Gasteiger partial charge in [0, 0.05) is 53.8 Å². The second kappa shape index (κ2) is 8.13. The molecule has 4 aliphatic rings. The Balaban J connectivity index is 1.65. The Morgan fingerprint density at radius 1 is 1.14 bits per heavy atom. The summed E-state index contributed by atoms with van der Waals surface area (Å²) in [5, 5.41) is 46.4. The molecular formula is C28H40O8. The van der Waals surface area contributed by atoms with Gasteiger partial charge in [-0.05, 0) is 35.8 Å². The van der Waals surface area contributed by atoms with Gasteiger partial charge in [-0.1, -0.05) is 27.7 Å². The van der Waals surface area contributed by atoms with E-state index in [1.54, 1.807) is 12.5 Å². The van der Waals surface area contributed by atoms with Crippen LogP contribution in [-0.4, -0.2) is 63.2 Å². The standard InChI is InChI=1S/C28H40O8/c1-14(30)36-22-10-21(34)28(13-29)19(25(22,2)3)9-20(33)27(5)23-17(31)8-16(15-6-7-35-12-15)26(23,4)11-18(32)24(27)28/h6-7,12,16,18-24,29,32-34H,8-11,13H2,1-5H3/t16-,18-,19-,20+,21-,22+,23-,24-,26-,27-,28+/m0/s1. The number of hydrogen-bond donors (Lipinski definition) is 4. The third-order valence-electron chi connectivity index (χ3n) is 11.2. The third kappa shape index (κ3) is 3.07. The predicted octanol–water partition coefficient (Wildman–Crippen LogP) is 2.43. The molecule has 1 aromatic rings. The van der Waals surface area contributed by atoms with Crippen molar-refractivity contribution in [3.05, 3.63) is 24.2 Å². The molecule has 8 nitrogen and oxygen atoms in total. The fourth-order valence-electron chi connectivity index (χ4n) is 9.92. The number of Topliss-reactive ketones (excluding diaryl/α,β-unsaturated/α-hetero) is 1. The van der Waals surface area contributed by atoms with Gasteiger partial charge in [0.05, 0.1) is 37.4 Å². The normalized spacial score (nSPS) is 49.6. The molecule has 11 atom stereocenters. The number of carbonyl (C=O) groups excluding carboxylic acids is 2. The van der Waals surface area contributed by atoms with Crippen molar-refractivity contribution in [3.63, 3.8) is 0 Å². The zero-order valence-corrected chi connectivity index (χ0v) is 21.8. The van der Waals surface area contributed by atoms with E-state index in [4.69, 9.17) is 9.15 Å². The van der Waals surface area contributed by atoms with Gasteiger partial charge in [-0.2, -0.15) is 0 Å². The maximum Gasteiger partial charge on any atom is 0.302 e. The van der Waals surface area contributed by atoms with E-state index < -0.39 is 76.4 Å². The molecule has 1 heterocycles. The van der Waals surface area contributed by atoms with Gasteiger partial charge in [0.1, 0.15) is 11.9 Å². The van der Waals surface area contributed by atoms with Crippen molar-refractivity contribution in [1.29, 1.82) is 0 Å². The molecule has 36 heavy (non-hydrogen) atoms. The lowest BCUT2D eigenvalue weighted by molar-refractivity contribution is -0.311. The summed E-state index contributed by atoms with van der Waals surface area (Å²) in [5.74, 6) is -2.29. The summed E-state index contributed by atoms with van der Waals surface area (Å²) in [4.78, 5) is 25.6. The molecule has 8 heteroatoms. The van der Waals surface area contributed by atoms with Crippen LogP contribution < -0.4 is 0 Å². The number of fused-ring (bicyclic) bond motifs is 5. The van der Waals surface area contributed by atoms with Crippen molar-refractivity contribution >= 4 is 11.8 Å². The highest BCUT2D eigenvalue weighted by Gasteiger charge is 2.77. The molecule has 4 aliphatic carbocycles. The van der Waals surface area contributed by atoms with E-state index in [-0.39, 0.29) is 24.5 Å². The molecule has 0 spiro atoms. The van der Waals surface area contributed by atoms with Crippen molar-refractivity contribution in [3.8, 4) is 0 Å². The number of ketones is 1. The molecular weight excluding hydrogens is 464 g/mol. The largest absolute Gasteiger partial charge is 0.472 e. The number of ether oxygens (including phenoxy) is 1. The fraction of sp³-hybridized carbons (Fsp3) is 0.786. The summed E-state index contributed by atoms with van der Waals surface area (Å²) < 4.78 is 10.9. The average Bonchev–Trinajstić information content (AvgIpc) is 3.39. The first-order chi connectivity index (χ1) is 16.8. The second-order valence-corrected chi connectivity index (χ2v) is 13.1. The van der Waals surface area contributed by atoms with E-state index in [0.717, 1.165) is 5.56 Å². The first-order valence-corrected chi connectivity index (χ1v) is 13.1. The Morgan fingerprint density at radius 2 is 1.83 bits per heavy atom. The summed E-state index contributed by atoms with van der Waals surface area (Å²) in [6.07, 6.45) is 0.571. The minimum Gasteiger partial charge on any atom is -0.472 e. The monoisotopic (exact) mass is 504 g/mol. The molecule has 0 saturated heterocycles. The van der Waals surface area contributed by atoms with Crippen LogP contribution in [0.4, 0.5) is 0 Å². The van der Waals surface area contributed by atoms with Crippen molar-refractivity contribution in [1.82, 2.24) is 0 Å². The van der Waals surface area contributed by atoms with Crippen LogP contribution in [0.15, 0.2) is 23.0 Å². The van der Waals surface area contributed by atoms with Crippen LogP contribution in [0.2, 0.25) is 0 Å². The molecule has 0 aromatic carbocycles. The van der Waals surface area contributed by atoms with Gasteiger partial charge < -0.3 is 29.6 Å². The van der Waals surface area contributed by atoms with Crippen LogP contribution in [0, 0.1) is 39.4 Å². The van der Waals surface area contributed by atoms with Crippen molar-refractivity contribution < 1.29 is 39.2 Å². The minimum atomic E-state index is -1.16. The highest BCUT2D eigenvalue weighted by molar-refractivity contribution is 5.87. The fourth-order valence-corrected chi connectivity index (χ4v) is 9.92. The molecule has 0 unspecified atom stereocenters. The van der Waals surface area contributed by atoms with Gasteiger partial charge in [0.25, 0.3) is 0 Å². The second-order valence-electron chi connectivity index (χ2n) is 13.1. The summed E-state index contributed by atoms with van der Waals surface area (Å²) in [6, 6.07) is 1.86. The van der Waals surface area contributed by atoms with E-state index in [1.165, 1.54) is 6.92 Å². The van der Waals surface area contributed by atoms with Gasteiger partial charge in [-0.25, -0.2) is 0 Å². The molecule has 4 saturated carbocycles. The Morgan fingerprint density at radius 3 is 2.42 bits per heavy atom. The zero-order valence-electron chi connectivity index (χ0n) is 21.8. The van der Waals surface area contributed by atoms with Crippen LogP contribution >= 0.6 is 0 Å². The van der Waals surface area contributed by atoms with Gasteiger partial charge in [-0.3, -0.25) is 9.59 Å². The van der Waals surface area contributed by atoms with E-state index in [0.29, 0.717) is 12.8 Å². The first kappa shape index (κ1) is 25.9. The molecule has 4 fully saturated rings. The van der Waals surface area contributed by atoms with Crippen LogP contribution in [-0.2, 0) is 14.3 Å². The van der Waals surface area contributed by atoms with Crippen LogP contribution in [0.5, 0.6) is 0 Å². The van der Waals surface area contributed by atoms with E-state index in [1.807, 2.05) is 33.8 Å². The Labute approximate surface area is 212 Å². The maximum absolute atomic E-state index is 13.8. The topological polar surface area (TPSA) is 137 Å². The summed E-state index contributed by atoms with van der Waals surface area (Å²) in [6.45, 7) is 8.69. The van der Waals surface area contributed by atoms with E-state index in [9.17, 15) is 30.0 Å². The first-order valence-electron chi connectivity index (χ1n) is 13.1. The Hall–Kier alpha value is -1.74. The minimum absolute atomic E-state index is 0.0380. The van der Waals surface area contributed by atoms with Gasteiger partial charge in [-0.15, -0.1) is 0 Å². The van der Waals surface area contributed by atoms with Crippen molar-refractivity contribution in [2.75, 3.05) is 6.61 Å². The smallest absolute Gasteiger partial charge is 0.302 e. The number of hydrogen-bond acceptors (Lipinski definition) is 8. The van der Waals surface area contributed by atoms with Gasteiger partial charge >= 0.3 is 5.97 Å². The predicted molar refractivity (Wildman–Crippen MR) is 128 cm³/mol. The van der Waals surface area contributed by atoms with Crippen LogP contribution in [0.25, 0.3) is 0 Å². The van der Waals surface area contributed by atoms with Crippen molar-refractivity contribution in [2.45, 2.75) is 90.6 Å². The Kier molecular flexibility index (Phi) is 5.85. The molecule has 4 N–H and O–H groups in total. The highest BCUT2D eigenvalue weighted by Crippen LogP contribution is 2.74. The number of rotatable bonds is 3. The summed E-state index contributed by atoms with van der Waals surface area (Å²) in [5.41, 5.74) is -2.62. The lowest BCUT2D eigenvalue weighted by atomic mass is 9.34. The highest BCUT2D eigenvalue weighted by atomic mass is 16.5. The lowest BCUT2D eigenvalue weighted by Gasteiger charge is -2.71. The van der Waals surface area contributed by atoms with Gasteiger partial charge in [0.15, 0.2) is 0 Å². The molecule has 0 amide bonds. The summed E-state index contributed by atoms with van der Waals surface area (Å²) in [7, 11) is 0.